The van der Waals surface area contributed by atoms with Gasteiger partial charge in [-0.2, -0.15) is 0 Å². The first-order valence-corrected chi connectivity index (χ1v) is 7.28. The molecule has 2 saturated heterocycles. The van der Waals surface area contributed by atoms with Crippen molar-refractivity contribution in [2.45, 2.75) is 50.7 Å². The van der Waals surface area contributed by atoms with Crippen molar-refractivity contribution < 1.29 is 13.9 Å². The molecule has 2 fully saturated rings. The van der Waals surface area contributed by atoms with Crippen molar-refractivity contribution in [3.8, 4) is 0 Å². The lowest BCUT2D eigenvalue weighted by Gasteiger charge is -2.47. The van der Waals surface area contributed by atoms with Crippen LogP contribution in [0.3, 0.4) is 0 Å². The molecule has 2 aliphatic rings. The highest BCUT2D eigenvalue weighted by Gasteiger charge is 2.40. The summed E-state index contributed by atoms with van der Waals surface area (Å²) in [6, 6.07) is 0. The minimum Gasteiger partial charge on any atom is -0.378 e. The van der Waals surface area contributed by atoms with E-state index in [4.69, 9.17) is 9.47 Å². The van der Waals surface area contributed by atoms with E-state index in [1.54, 1.807) is 0 Å². The SMILES string of the molecule is CC1CN(CCCCCF)CC2(CCCOC2)O1. The van der Waals surface area contributed by atoms with Crippen LogP contribution in [0.2, 0.25) is 0 Å². The summed E-state index contributed by atoms with van der Waals surface area (Å²) < 4.78 is 23.8. The monoisotopic (exact) mass is 259 g/mol. The van der Waals surface area contributed by atoms with Crippen molar-refractivity contribution >= 4 is 0 Å². The van der Waals surface area contributed by atoms with Crippen LogP contribution in [-0.2, 0) is 9.47 Å². The topological polar surface area (TPSA) is 21.7 Å². The van der Waals surface area contributed by atoms with E-state index in [0.29, 0.717) is 6.42 Å². The van der Waals surface area contributed by atoms with Crippen molar-refractivity contribution in [3.05, 3.63) is 0 Å². The minimum atomic E-state index is -0.183. The molecule has 0 bridgehead atoms. The Morgan fingerprint density at radius 1 is 1.33 bits per heavy atom. The number of unbranched alkanes of at least 4 members (excludes halogenated alkanes) is 2. The largest absolute Gasteiger partial charge is 0.378 e. The highest BCUT2D eigenvalue weighted by atomic mass is 19.1. The van der Waals surface area contributed by atoms with Gasteiger partial charge in [-0.25, -0.2) is 0 Å². The molecule has 0 amide bonds. The number of nitrogens with zero attached hydrogens (tertiary/aromatic N) is 1. The van der Waals surface area contributed by atoms with E-state index >= 15 is 0 Å². The number of halogens is 1. The fourth-order valence-corrected chi connectivity index (χ4v) is 3.16. The smallest absolute Gasteiger partial charge is 0.105 e. The molecule has 2 heterocycles. The predicted molar refractivity (Wildman–Crippen MR) is 69.6 cm³/mol. The lowest BCUT2D eigenvalue weighted by molar-refractivity contribution is -0.196. The molecule has 0 saturated carbocycles. The number of ether oxygens (including phenoxy) is 2. The van der Waals surface area contributed by atoms with Crippen LogP contribution in [0.15, 0.2) is 0 Å². The highest BCUT2D eigenvalue weighted by Crippen LogP contribution is 2.30. The van der Waals surface area contributed by atoms with Crippen molar-refractivity contribution in [2.75, 3.05) is 39.5 Å². The Morgan fingerprint density at radius 2 is 2.22 bits per heavy atom. The first-order valence-electron chi connectivity index (χ1n) is 7.28. The van der Waals surface area contributed by atoms with E-state index < -0.39 is 0 Å². The fourth-order valence-electron chi connectivity index (χ4n) is 3.16. The van der Waals surface area contributed by atoms with E-state index in [1.807, 2.05) is 0 Å². The van der Waals surface area contributed by atoms with Gasteiger partial charge in [-0.15, -0.1) is 0 Å². The van der Waals surface area contributed by atoms with Crippen molar-refractivity contribution in [1.82, 2.24) is 4.90 Å². The molecule has 0 radical (unpaired) electrons. The zero-order valence-corrected chi connectivity index (χ0v) is 11.5. The molecule has 2 rings (SSSR count). The molecule has 0 aromatic heterocycles. The van der Waals surface area contributed by atoms with Crippen LogP contribution < -0.4 is 0 Å². The molecular formula is C14H26FNO2. The minimum absolute atomic E-state index is 0.0734. The zero-order valence-electron chi connectivity index (χ0n) is 11.5. The molecule has 18 heavy (non-hydrogen) atoms. The third kappa shape index (κ3) is 3.90. The van der Waals surface area contributed by atoms with Crippen LogP contribution in [-0.4, -0.2) is 56.1 Å². The van der Waals surface area contributed by atoms with Gasteiger partial charge in [0.2, 0.25) is 0 Å². The Labute approximate surface area is 110 Å². The lowest BCUT2D eigenvalue weighted by atomic mass is 9.93. The van der Waals surface area contributed by atoms with Gasteiger partial charge in [0.25, 0.3) is 0 Å². The molecule has 0 aromatic rings. The average Bonchev–Trinajstić information content (AvgIpc) is 2.35. The summed E-state index contributed by atoms with van der Waals surface area (Å²) >= 11 is 0. The maximum atomic E-state index is 12.1. The Bertz CT molecular complexity index is 244. The summed E-state index contributed by atoms with van der Waals surface area (Å²) in [6.45, 7) is 6.61. The molecule has 3 nitrogen and oxygen atoms in total. The van der Waals surface area contributed by atoms with Gasteiger partial charge < -0.3 is 9.47 Å². The maximum Gasteiger partial charge on any atom is 0.105 e. The Hall–Kier alpha value is -0.190. The third-order valence-corrected chi connectivity index (χ3v) is 3.87. The van der Waals surface area contributed by atoms with Crippen molar-refractivity contribution in [3.63, 3.8) is 0 Å². The molecule has 4 heteroatoms. The molecule has 1 spiro atoms. The molecule has 2 atom stereocenters. The second-order valence-corrected chi connectivity index (χ2v) is 5.75. The second kappa shape index (κ2) is 6.83. The Morgan fingerprint density at radius 3 is 2.94 bits per heavy atom. The van der Waals surface area contributed by atoms with Gasteiger partial charge in [-0.3, -0.25) is 9.29 Å². The third-order valence-electron chi connectivity index (χ3n) is 3.87. The van der Waals surface area contributed by atoms with E-state index in [-0.39, 0.29) is 18.4 Å². The van der Waals surface area contributed by atoms with Crippen molar-refractivity contribution in [1.29, 1.82) is 0 Å². The van der Waals surface area contributed by atoms with E-state index in [0.717, 1.165) is 58.5 Å². The summed E-state index contributed by atoms with van der Waals surface area (Å²) in [5, 5.41) is 0. The predicted octanol–water partition coefficient (Wildman–Crippen LogP) is 2.40. The van der Waals surface area contributed by atoms with Gasteiger partial charge in [0.05, 0.1) is 19.4 Å². The first-order chi connectivity index (χ1) is 8.74. The van der Waals surface area contributed by atoms with Gasteiger partial charge >= 0.3 is 0 Å². The number of hydrogen-bond acceptors (Lipinski definition) is 3. The van der Waals surface area contributed by atoms with Crippen LogP contribution in [0.4, 0.5) is 4.39 Å². The Balaban J connectivity index is 1.80. The molecule has 2 unspecified atom stereocenters. The zero-order chi connectivity index (χ0) is 12.8. The molecule has 0 aliphatic carbocycles. The number of rotatable bonds is 5. The van der Waals surface area contributed by atoms with Crippen LogP contribution in [0.1, 0.15) is 39.0 Å². The van der Waals surface area contributed by atoms with E-state index in [9.17, 15) is 4.39 Å². The fraction of sp³-hybridized carbons (Fsp3) is 1.00. The molecule has 106 valence electrons. The quantitative estimate of drug-likeness (QED) is 0.708. The summed E-state index contributed by atoms with van der Waals surface area (Å²) in [4.78, 5) is 2.47. The van der Waals surface area contributed by atoms with Gasteiger partial charge in [0, 0.05) is 19.7 Å². The second-order valence-electron chi connectivity index (χ2n) is 5.75. The van der Waals surface area contributed by atoms with Crippen LogP contribution >= 0.6 is 0 Å². The number of hydrogen-bond donors (Lipinski definition) is 0. The first kappa shape index (κ1) is 14.2. The van der Waals surface area contributed by atoms with Crippen molar-refractivity contribution in [2.24, 2.45) is 0 Å². The molecule has 0 N–H and O–H groups in total. The van der Waals surface area contributed by atoms with Crippen LogP contribution in [0.5, 0.6) is 0 Å². The summed E-state index contributed by atoms with van der Waals surface area (Å²) in [5.74, 6) is 0. The van der Waals surface area contributed by atoms with Crippen LogP contribution in [0, 0.1) is 0 Å². The normalized spacial score (nSPS) is 34.0. The molecule has 0 aromatic carbocycles. The van der Waals surface area contributed by atoms with Crippen LogP contribution in [0.25, 0.3) is 0 Å². The number of morpholine rings is 1. The van der Waals surface area contributed by atoms with Gasteiger partial charge in [-0.05, 0) is 45.6 Å². The standard InChI is InChI=1S/C14H26FNO2/c1-13-10-16(8-4-2-3-7-15)11-14(18-13)6-5-9-17-12-14/h13H,2-12H2,1H3. The summed E-state index contributed by atoms with van der Waals surface area (Å²) in [5.41, 5.74) is -0.0734. The van der Waals surface area contributed by atoms with Gasteiger partial charge in [0.15, 0.2) is 0 Å². The van der Waals surface area contributed by atoms with Gasteiger partial charge in [0.1, 0.15) is 5.60 Å². The lowest BCUT2D eigenvalue weighted by Crippen LogP contribution is -2.58. The number of alkyl halides is 1. The highest BCUT2D eigenvalue weighted by molar-refractivity contribution is 4.91. The van der Waals surface area contributed by atoms with Gasteiger partial charge in [-0.1, -0.05) is 0 Å². The Kier molecular flexibility index (Phi) is 5.39. The molecular weight excluding hydrogens is 233 g/mol. The average molecular weight is 259 g/mol. The summed E-state index contributed by atoms with van der Waals surface area (Å²) in [6.07, 6.45) is 5.27. The summed E-state index contributed by atoms with van der Waals surface area (Å²) in [7, 11) is 0. The van der Waals surface area contributed by atoms with E-state index in [2.05, 4.69) is 11.8 Å². The van der Waals surface area contributed by atoms with E-state index in [1.165, 1.54) is 0 Å². The maximum absolute atomic E-state index is 12.1. The molecule has 2 aliphatic heterocycles.